The Bertz CT molecular complexity index is 1010. The van der Waals surface area contributed by atoms with E-state index < -0.39 is 12.1 Å². The van der Waals surface area contributed by atoms with Gasteiger partial charge >= 0.3 is 12.1 Å². The van der Waals surface area contributed by atoms with E-state index in [0.717, 1.165) is 18.4 Å². The number of hydrogen-bond acceptors (Lipinski definition) is 5. The van der Waals surface area contributed by atoms with Crippen LogP contribution in [0.2, 0.25) is 0 Å². The van der Waals surface area contributed by atoms with Crippen molar-refractivity contribution in [2.24, 2.45) is 0 Å². The summed E-state index contributed by atoms with van der Waals surface area (Å²) in [7, 11) is 0. The maximum Gasteiger partial charge on any atom is 0.490 e. The molecule has 1 spiro atoms. The van der Waals surface area contributed by atoms with Gasteiger partial charge in [-0.25, -0.2) is 9.18 Å². The molecule has 0 aliphatic carbocycles. The lowest BCUT2D eigenvalue weighted by Crippen LogP contribution is -2.67. The molecule has 2 fully saturated rings. The van der Waals surface area contributed by atoms with Crippen LogP contribution in [0.4, 0.5) is 17.6 Å². The molecule has 1 atom stereocenters. The minimum Gasteiger partial charge on any atom is -0.475 e. The van der Waals surface area contributed by atoms with Gasteiger partial charge < -0.3 is 19.5 Å². The third kappa shape index (κ3) is 6.51. The average Bonchev–Trinajstić information content (AvgIpc) is 2.76. The van der Waals surface area contributed by atoms with Gasteiger partial charge in [-0.1, -0.05) is 6.07 Å². The normalized spacial score (nSPS) is 19.1. The molecule has 1 amide bonds. The number of amides is 1. The van der Waals surface area contributed by atoms with Gasteiger partial charge in [0.1, 0.15) is 11.4 Å². The van der Waals surface area contributed by atoms with Gasteiger partial charge in [-0.3, -0.25) is 9.78 Å². The zero-order valence-electron chi connectivity index (χ0n) is 18.3. The standard InChI is InChI=1S/C21H23FN2O3.C2HF3O2/c1-15-9-17(22)4-5-19(15)20(25)24-13-21(14-24)10-18(6-8-27-21)26-12-16-3-2-7-23-11-16;3-2(4,5)1(6)7/h2-5,7,9,11,18H,6,8,10,12-14H2,1H3;(H,6,7). The first-order valence-electron chi connectivity index (χ1n) is 10.5. The highest BCUT2D eigenvalue weighted by atomic mass is 19.4. The number of halogens is 4. The molecule has 11 heteroatoms. The number of ether oxygens (including phenoxy) is 2. The second-order valence-corrected chi connectivity index (χ2v) is 8.24. The quantitative estimate of drug-likeness (QED) is 0.665. The fourth-order valence-electron chi connectivity index (χ4n) is 3.87. The van der Waals surface area contributed by atoms with Crippen LogP contribution in [0.5, 0.6) is 0 Å². The number of carboxylic acids is 1. The maximum atomic E-state index is 13.3. The third-order valence-electron chi connectivity index (χ3n) is 5.56. The number of aliphatic carboxylic acids is 1. The highest BCUT2D eigenvalue weighted by Gasteiger charge is 2.49. The Labute approximate surface area is 193 Å². The number of alkyl halides is 3. The summed E-state index contributed by atoms with van der Waals surface area (Å²) in [5, 5.41) is 7.12. The molecule has 2 aliphatic heterocycles. The Morgan fingerprint density at radius 3 is 2.59 bits per heavy atom. The van der Waals surface area contributed by atoms with E-state index in [2.05, 4.69) is 4.98 Å². The average molecular weight is 484 g/mol. The van der Waals surface area contributed by atoms with Crippen LogP contribution >= 0.6 is 0 Å². The van der Waals surface area contributed by atoms with Crippen LogP contribution in [0.25, 0.3) is 0 Å². The molecule has 1 aromatic carbocycles. The number of benzene rings is 1. The van der Waals surface area contributed by atoms with E-state index in [9.17, 15) is 22.4 Å². The monoisotopic (exact) mass is 484 g/mol. The molecule has 1 N–H and O–H groups in total. The van der Waals surface area contributed by atoms with Crippen LogP contribution in [0.15, 0.2) is 42.7 Å². The van der Waals surface area contributed by atoms with Gasteiger partial charge in [0.05, 0.1) is 25.8 Å². The SMILES string of the molecule is Cc1cc(F)ccc1C(=O)N1CC2(CC(OCc3cccnc3)CCO2)C1.O=C(O)C(F)(F)F. The topological polar surface area (TPSA) is 89.0 Å². The molecule has 2 aliphatic rings. The van der Waals surface area contributed by atoms with Gasteiger partial charge in [0, 0.05) is 31.0 Å². The van der Waals surface area contributed by atoms with Crippen LogP contribution in [-0.2, 0) is 20.9 Å². The molecule has 0 bridgehead atoms. The van der Waals surface area contributed by atoms with E-state index in [0.29, 0.717) is 37.4 Å². The fourth-order valence-corrected chi connectivity index (χ4v) is 3.87. The smallest absolute Gasteiger partial charge is 0.475 e. The molecule has 1 unspecified atom stereocenters. The summed E-state index contributed by atoms with van der Waals surface area (Å²) in [6.45, 7) is 4.03. The minimum atomic E-state index is -5.08. The summed E-state index contributed by atoms with van der Waals surface area (Å²) in [6, 6.07) is 8.17. The van der Waals surface area contributed by atoms with Gasteiger partial charge in [-0.15, -0.1) is 0 Å². The lowest BCUT2D eigenvalue weighted by molar-refractivity contribution is -0.192. The Morgan fingerprint density at radius 1 is 1.29 bits per heavy atom. The first-order valence-corrected chi connectivity index (χ1v) is 10.5. The maximum absolute atomic E-state index is 13.3. The summed E-state index contributed by atoms with van der Waals surface area (Å²) in [4.78, 5) is 27.5. The first-order chi connectivity index (χ1) is 16.0. The van der Waals surface area contributed by atoms with Crippen molar-refractivity contribution in [3.63, 3.8) is 0 Å². The molecule has 1 aromatic heterocycles. The second-order valence-electron chi connectivity index (χ2n) is 8.24. The molecular formula is C23H24F4N2O5. The summed E-state index contributed by atoms with van der Waals surface area (Å²) in [5.41, 5.74) is 1.94. The molecule has 2 saturated heterocycles. The molecule has 4 rings (SSSR count). The van der Waals surface area contributed by atoms with Crippen LogP contribution < -0.4 is 0 Å². The molecule has 184 valence electrons. The number of hydrogen-bond donors (Lipinski definition) is 1. The zero-order valence-corrected chi connectivity index (χ0v) is 18.3. The zero-order chi connectivity index (χ0) is 24.9. The number of rotatable bonds is 4. The molecule has 0 radical (unpaired) electrons. The van der Waals surface area contributed by atoms with Crippen LogP contribution in [0.3, 0.4) is 0 Å². The van der Waals surface area contributed by atoms with E-state index in [-0.39, 0.29) is 23.4 Å². The van der Waals surface area contributed by atoms with Crippen molar-refractivity contribution in [3.05, 3.63) is 65.2 Å². The molecule has 7 nitrogen and oxygen atoms in total. The third-order valence-corrected chi connectivity index (χ3v) is 5.56. The number of nitrogens with zero attached hydrogens (tertiary/aromatic N) is 2. The van der Waals surface area contributed by atoms with E-state index in [1.165, 1.54) is 12.1 Å². The largest absolute Gasteiger partial charge is 0.490 e. The summed E-state index contributed by atoms with van der Waals surface area (Å²) in [5.74, 6) is -3.15. The lowest BCUT2D eigenvalue weighted by Gasteiger charge is -2.53. The Hall–Kier alpha value is -3.05. The first kappa shape index (κ1) is 25.6. The highest BCUT2D eigenvalue weighted by molar-refractivity contribution is 5.96. The van der Waals surface area contributed by atoms with Crippen molar-refractivity contribution in [1.29, 1.82) is 0 Å². The van der Waals surface area contributed by atoms with Gasteiger partial charge in [0.25, 0.3) is 5.91 Å². The number of carbonyl (C=O) groups excluding carboxylic acids is 1. The van der Waals surface area contributed by atoms with E-state index in [4.69, 9.17) is 19.4 Å². The van der Waals surface area contributed by atoms with Crippen molar-refractivity contribution in [1.82, 2.24) is 9.88 Å². The Balaban J connectivity index is 0.000000406. The van der Waals surface area contributed by atoms with E-state index in [1.807, 2.05) is 18.3 Å². The van der Waals surface area contributed by atoms with E-state index in [1.54, 1.807) is 24.1 Å². The summed E-state index contributed by atoms with van der Waals surface area (Å²) in [6.07, 6.45) is 0.218. The number of aromatic nitrogens is 1. The van der Waals surface area contributed by atoms with Crippen molar-refractivity contribution >= 4 is 11.9 Å². The number of carbonyl (C=O) groups is 2. The minimum absolute atomic E-state index is 0.0693. The van der Waals surface area contributed by atoms with E-state index >= 15 is 0 Å². The van der Waals surface area contributed by atoms with Gasteiger partial charge in [0.15, 0.2) is 0 Å². The highest BCUT2D eigenvalue weighted by Crippen LogP contribution is 2.36. The number of likely N-dealkylation sites (tertiary alicyclic amines) is 1. The predicted octanol–water partition coefficient (Wildman–Crippen LogP) is 3.75. The molecule has 2 aromatic rings. The molecule has 0 saturated carbocycles. The molecule has 3 heterocycles. The molecular weight excluding hydrogens is 460 g/mol. The fraction of sp³-hybridized carbons (Fsp3) is 0.435. The predicted molar refractivity (Wildman–Crippen MR) is 111 cm³/mol. The number of pyridine rings is 1. The lowest BCUT2D eigenvalue weighted by atomic mass is 9.84. The summed E-state index contributed by atoms with van der Waals surface area (Å²) >= 11 is 0. The molecule has 34 heavy (non-hydrogen) atoms. The van der Waals surface area contributed by atoms with Crippen molar-refractivity contribution in [2.75, 3.05) is 19.7 Å². The van der Waals surface area contributed by atoms with Crippen LogP contribution in [0, 0.1) is 12.7 Å². The van der Waals surface area contributed by atoms with Crippen LogP contribution in [-0.4, -0.2) is 64.4 Å². The van der Waals surface area contributed by atoms with Crippen molar-refractivity contribution < 1.29 is 41.7 Å². The van der Waals surface area contributed by atoms with Gasteiger partial charge in [0.2, 0.25) is 0 Å². The number of aryl methyl sites for hydroxylation is 1. The van der Waals surface area contributed by atoms with Crippen LogP contribution in [0.1, 0.15) is 34.3 Å². The Morgan fingerprint density at radius 2 is 2.00 bits per heavy atom. The van der Waals surface area contributed by atoms with Gasteiger partial charge in [-0.2, -0.15) is 13.2 Å². The van der Waals surface area contributed by atoms with Crippen molar-refractivity contribution in [2.45, 2.75) is 44.3 Å². The summed E-state index contributed by atoms with van der Waals surface area (Å²) < 4.78 is 57.1. The Kier molecular flexibility index (Phi) is 7.88. The van der Waals surface area contributed by atoms with Gasteiger partial charge in [-0.05, 0) is 48.7 Å². The second kappa shape index (κ2) is 10.5. The van der Waals surface area contributed by atoms with Crippen molar-refractivity contribution in [3.8, 4) is 0 Å². The number of carboxylic acid groups (broad SMARTS) is 1.